The van der Waals surface area contributed by atoms with E-state index >= 15 is 0 Å². The van der Waals surface area contributed by atoms with E-state index in [4.69, 9.17) is 4.74 Å². The lowest BCUT2D eigenvalue weighted by atomic mass is 9.95. The predicted molar refractivity (Wildman–Crippen MR) is 91.8 cm³/mol. The number of aromatic nitrogens is 1. The van der Waals surface area contributed by atoms with Gasteiger partial charge in [0.15, 0.2) is 0 Å². The Morgan fingerprint density at radius 3 is 2.56 bits per heavy atom. The van der Waals surface area contributed by atoms with Crippen LogP contribution in [0.5, 0.6) is 0 Å². The summed E-state index contributed by atoms with van der Waals surface area (Å²) < 4.78 is 5.34. The Bertz CT molecular complexity index is 650. The number of hydrogen-bond acceptors (Lipinski definition) is 6. The summed E-state index contributed by atoms with van der Waals surface area (Å²) in [4.78, 5) is 34.3. The maximum absolute atomic E-state index is 12.7. The number of anilines is 1. The lowest BCUT2D eigenvalue weighted by molar-refractivity contribution is -0.152. The number of nitrogens with zero attached hydrogens (tertiary/aromatic N) is 4. The van der Waals surface area contributed by atoms with Gasteiger partial charge in [0.1, 0.15) is 11.4 Å². The van der Waals surface area contributed by atoms with Crippen molar-refractivity contribution >= 4 is 17.7 Å². The van der Waals surface area contributed by atoms with Gasteiger partial charge in [0.05, 0.1) is 6.61 Å². The molecule has 1 aromatic rings. The second-order valence-electron chi connectivity index (χ2n) is 6.72. The first-order chi connectivity index (χ1) is 11.9. The van der Waals surface area contributed by atoms with Crippen molar-refractivity contribution in [3.05, 3.63) is 23.9 Å². The van der Waals surface area contributed by atoms with Crippen LogP contribution in [-0.2, 0) is 9.53 Å². The molecule has 136 valence electrons. The first kappa shape index (κ1) is 17.6. The molecule has 1 N–H and O–H groups in total. The molecule has 1 amide bonds. The van der Waals surface area contributed by atoms with Gasteiger partial charge in [-0.15, -0.1) is 0 Å². The summed E-state index contributed by atoms with van der Waals surface area (Å²) in [5.74, 6) is -0.149. The topological polar surface area (TPSA) is 86.2 Å². The number of carbonyl (C=O) groups is 2. The van der Waals surface area contributed by atoms with Crippen LogP contribution in [0.2, 0.25) is 0 Å². The lowest BCUT2D eigenvalue weighted by Gasteiger charge is -2.42. The van der Waals surface area contributed by atoms with Crippen molar-refractivity contribution in [3.63, 3.8) is 0 Å². The molecule has 1 atom stereocenters. The highest BCUT2D eigenvalue weighted by Gasteiger charge is 2.48. The second-order valence-corrected chi connectivity index (χ2v) is 6.72. The summed E-state index contributed by atoms with van der Waals surface area (Å²) in [6.45, 7) is 2.77. The van der Waals surface area contributed by atoms with Gasteiger partial charge in [0.25, 0.3) is 5.91 Å². The normalized spacial score (nSPS) is 24.3. The molecule has 0 spiro atoms. The van der Waals surface area contributed by atoms with Gasteiger partial charge in [-0.1, -0.05) is 0 Å². The fourth-order valence-electron chi connectivity index (χ4n) is 3.42. The third kappa shape index (κ3) is 3.32. The quantitative estimate of drug-likeness (QED) is 0.829. The fourth-order valence-corrected chi connectivity index (χ4v) is 3.42. The number of rotatable bonds is 4. The molecule has 0 aromatic carbocycles. The molecule has 1 unspecified atom stereocenters. The van der Waals surface area contributed by atoms with Crippen molar-refractivity contribution in [3.8, 4) is 0 Å². The SMILES string of the molecule is CN(C)c1cc(C(=O)N2CCN(C3(C(=O)O)CCOC3)CC2)ccn1. The third-order valence-electron chi connectivity index (χ3n) is 5.02. The zero-order valence-electron chi connectivity index (χ0n) is 14.6. The van der Waals surface area contributed by atoms with E-state index < -0.39 is 11.5 Å². The molecular weight excluding hydrogens is 324 g/mol. The van der Waals surface area contributed by atoms with Crippen LogP contribution in [0, 0.1) is 0 Å². The van der Waals surface area contributed by atoms with E-state index in [2.05, 4.69) is 4.98 Å². The molecule has 0 bridgehead atoms. The minimum atomic E-state index is -0.941. The molecule has 2 fully saturated rings. The molecule has 0 saturated carbocycles. The maximum atomic E-state index is 12.7. The van der Waals surface area contributed by atoms with Crippen molar-refractivity contribution in [1.29, 1.82) is 0 Å². The molecule has 0 aliphatic carbocycles. The van der Waals surface area contributed by atoms with Crippen LogP contribution in [0.3, 0.4) is 0 Å². The molecule has 8 nitrogen and oxygen atoms in total. The number of aliphatic carboxylic acids is 1. The first-order valence-electron chi connectivity index (χ1n) is 8.43. The number of pyridine rings is 1. The Hall–Kier alpha value is -2.19. The Morgan fingerprint density at radius 2 is 2.00 bits per heavy atom. The summed E-state index contributed by atoms with van der Waals surface area (Å²) >= 11 is 0. The van der Waals surface area contributed by atoms with Crippen LogP contribution >= 0.6 is 0 Å². The summed E-state index contributed by atoms with van der Waals surface area (Å²) in [5.41, 5.74) is -0.339. The van der Waals surface area contributed by atoms with Crippen LogP contribution in [0.1, 0.15) is 16.8 Å². The number of carboxylic acid groups (broad SMARTS) is 1. The standard InChI is InChI=1S/C17H24N4O4/c1-19(2)14-11-13(3-5-18-14)15(22)20-6-8-21(9-7-20)17(16(23)24)4-10-25-12-17/h3,5,11H,4,6-10,12H2,1-2H3,(H,23,24). The minimum absolute atomic E-state index is 0.0443. The fraction of sp³-hybridized carbons (Fsp3) is 0.588. The monoisotopic (exact) mass is 348 g/mol. The maximum Gasteiger partial charge on any atom is 0.326 e. The highest BCUT2D eigenvalue weighted by Crippen LogP contribution is 2.28. The van der Waals surface area contributed by atoms with E-state index in [-0.39, 0.29) is 12.5 Å². The molecule has 1 aromatic heterocycles. The molecule has 3 heterocycles. The number of piperazine rings is 1. The number of amides is 1. The van der Waals surface area contributed by atoms with E-state index in [1.54, 1.807) is 23.2 Å². The smallest absolute Gasteiger partial charge is 0.326 e. The summed E-state index contributed by atoms with van der Waals surface area (Å²) in [6.07, 6.45) is 2.13. The Morgan fingerprint density at radius 1 is 1.28 bits per heavy atom. The Balaban J connectivity index is 1.67. The highest BCUT2D eigenvalue weighted by molar-refractivity contribution is 5.95. The van der Waals surface area contributed by atoms with Crippen LogP contribution < -0.4 is 4.90 Å². The molecule has 25 heavy (non-hydrogen) atoms. The summed E-state index contributed by atoms with van der Waals surface area (Å²) in [7, 11) is 3.76. The summed E-state index contributed by atoms with van der Waals surface area (Å²) in [5, 5.41) is 9.64. The number of ether oxygens (including phenoxy) is 1. The van der Waals surface area contributed by atoms with E-state index in [0.29, 0.717) is 44.8 Å². The molecular formula is C17H24N4O4. The second kappa shape index (κ2) is 6.97. The number of hydrogen-bond donors (Lipinski definition) is 1. The van der Waals surface area contributed by atoms with Crippen molar-refractivity contribution in [2.45, 2.75) is 12.0 Å². The van der Waals surface area contributed by atoms with Gasteiger partial charge in [0, 0.05) is 65.1 Å². The number of carbonyl (C=O) groups excluding carboxylic acids is 1. The lowest BCUT2D eigenvalue weighted by Crippen LogP contribution is -2.61. The van der Waals surface area contributed by atoms with Crippen LogP contribution in [0.4, 0.5) is 5.82 Å². The first-order valence-corrected chi connectivity index (χ1v) is 8.43. The van der Waals surface area contributed by atoms with Crippen molar-refractivity contribution < 1.29 is 19.4 Å². The molecule has 2 saturated heterocycles. The van der Waals surface area contributed by atoms with Gasteiger partial charge in [0.2, 0.25) is 0 Å². The van der Waals surface area contributed by atoms with Gasteiger partial charge in [-0.25, -0.2) is 4.98 Å². The molecule has 2 aliphatic heterocycles. The average Bonchev–Trinajstić information content (AvgIpc) is 3.12. The van der Waals surface area contributed by atoms with Crippen molar-refractivity contribution in [2.75, 3.05) is 58.4 Å². The van der Waals surface area contributed by atoms with Gasteiger partial charge in [-0.2, -0.15) is 0 Å². The van der Waals surface area contributed by atoms with E-state index in [1.165, 1.54) is 0 Å². The Labute approximate surface area is 147 Å². The predicted octanol–water partition coefficient (Wildman–Crippen LogP) is 0.149. The van der Waals surface area contributed by atoms with Gasteiger partial charge >= 0.3 is 5.97 Å². The van der Waals surface area contributed by atoms with E-state index in [1.807, 2.05) is 23.9 Å². The minimum Gasteiger partial charge on any atom is -0.480 e. The molecule has 8 heteroatoms. The Kier molecular flexibility index (Phi) is 4.91. The summed E-state index contributed by atoms with van der Waals surface area (Å²) in [6, 6.07) is 3.49. The largest absolute Gasteiger partial charge is 0.480 e. The van der Waals surface area contributed by atoms with Crippen LogP contribution in [0.25, 0.3) is 0 Å². The number of carboxylic acids is 1. The van der Waals surface area contributed by atoms with Crippen molar-refractivity contribution in [1.82, 2.24) is 14.8 Å². The van der Waals surface area contributed by atoms with Gasteiger partial charge in [-0.05, 0) is 12.1 Å². The highest BCUT2D eigenvalue weighted by atomic mass is 16.5. The molecule has 0 radical (unpaired) electrons. The van der Waals surface area contributed by atoms with Gasteiger partial charge < -0.3 is 19.6 Å². The zero-order valence-corrected chi connectivity index (χ0v) is 14.6. The van der Waals surface area contributed by atoms with Crippen molar-refractivity contribution in [2.24, 2.45) is 0 Å². The van der Waals surface area contributed by atoms with Crippen LogP contribution in [0.15, 0.2) is 18.3 Å². The average molecular weight is 348 g/mol. The van der Waals surface area contributed by atoms with Crippen LogP contribution in [-0.4, -0.2) is 90.8 Å². The van der Waals surface area contributed by atoms with E-state index in [0.717, 1.165) is 5.82 Å². The zero-order chi connectivity index (χ0) is 18.0. The molecule has 3 rings (SSSR count). The van der Waals surface area contributed by atoms with Gasteiger partial charge in [-0.3, -0.25) is 14.5 Å². The van der Waals surface area contributed by atoms with E-state index in [9.17, 15) is 14.7 Å². The third-order valence-corrected chi connectivity index (χ3v) is 5.02. The molecule has 2 aliphatic rings.